The highest BCUT2D eigenvalue weighted by atomic mass is 35.5. The third kappa shape index (κ3) is 3.16. The van der Waals surface area contributed by atoms with Gasteiger partial charge in [0.25, 0.3) is 0 Å². The molecule has 0 rings (SSSR count). The molecule has 0 atom stereocenters. The summed E-state index contributed by atoms with van der Waals surface area (Å²) in [5, 5.41) is 8.72. The first-order valence-electron chi connectivity index (χ1n) is 3.24. The summed E-state index contributed by atoms with van der Waals surface area (Å²) in [7, 11) is 0. The van der Waals surface area contributed by atoms with Crippen LogP contribution in [0.25, 0.3) is 0 Å². The van der Waals surface area contributed by atoms with Crippen LogP contribution in [0.15, 0.2) is 0 Å². The summed E-state index contributed by atoms with van der Waals surface area (Å²) in [6, 6.07) is 0. The van der Waals surface area contributed by atoms with E-state index in [4.69, 9.17) is 51.5 Å². The van der Waals surface area contributed by atoms with Crippen molar-refractivity contribution in [3.8, 4) is 0 Å². The molecular weight excluding hydrogens is 230 g/mol. The van der Waals surface area contributed by atoms with E-state index in [2.05, 4.69) is 0 Å². The standard InChI is InChI=1S/C6H10Cl4O/c1-2-3-5(7,8)6(9,10)4-11/h11H,2-4H2,1H3. The lowest BCUT2D eigenvalue weighted by Crippen LogP contribution is -2.39. The van der Waals surface area contributed by atoms with Crippen LogP contribution in [0.3, 0.4) is 0 Å². The van der Waals surface area contributed by atoms with Crippen LogP contribution >= 0.6 is 46.4 Å². The number of hydrogen-bond donors (Lipinski definition) is 1. The van der Waals surface area contributed by atoms with Crippen LogP contribution in [0.5, 0.6) is 0 Å². The van der Waals surface area contributed by atoms with E-state index in [9.17, 15) is 0 Å². The Morgan fingerprint density at radius 1 is 1.09 bits per heavy atom. The molecule has 0 aliphatic rings. The fourth-order valence-corrected chi connectivity index (χ4v) is 1.30. The molecule has 0 bridgehead atoms. The predicted molar refractivity (Wildman–Crippen MR) is 50.9 cm³/mol. The molecule has 68 valence electrons. The summed E-state index contributed by atoms with van der Waals surface area (Å²) in [5.74, 6) is 0. The van der Waals surface area contributed by atoms with Gasteiger partial charge in [-0.2, -0.15) is 0 Å². The summed E-state index contributed by atoms with van der Waals surface area (Å²) in [6.45, 7) is 1.45. The zero-order chi connectivity index (χ0) is 9.12. The second-order valence-corrected chi connectivity index (χ2v) is 5.28. The van der Waals surface area contributed by atoms with Gasteiger partial charge in [-0.25, -0.2) is 0 Å². The molecule has 0 aromatic carbocycles. The SMILES string of the molecule is CCCC(Cl)(Cl)C(Cl)(Cl)CO. The van der Waals surface area contributed by atoms with Crippen molar-refractivity contribution in [2.45, 2.75) is 28.4 Å². The number of aliphatic hydroxyl groups is 1. The van der Waals surface area contributed by atoms with Crippen molar-refractivity contribution in [2.24, 2.45) is 0 Å². The monoisotopic (exact) mass is 238 g/mol. The minimum absolute atomic E-state index is 0.448. The predicted octanol–water partition coefficient (Wildman–Crippen LogP) is 3.13. The highest BCUT2D eigenvalue weighted by Crippen LogP contribution is 2.45. The van der Waals surface area contributed by atoms with Gasteiger partial charge >= 0.3 is 0 Å². The van der Waals surface area contributed by atoms with Crippen LogP contribution in [0.4, 0.5) is 0 Å². The number of hydrogen-bond acceptors (Lipinski definition) is 1. The van der Waals surface area contributed by atoms with E-state index in [0.717, 1.165) is 6.42 Å². The summed E-state index contributed by atoms with van der Waals surface area (Å²) in [4.78, 5) is 0. The normalized spacial score (nSPS) is 13.6. The third-order valence-electron chi connectivity index (χ3n) is 1.30. The van der Waals surface area contributed by atoms with Crippen LogP contribution in [0, 0.1) is 0 Å². The number of aliphatic hydroxyl groups excluding tert-OH is 1. The Bertz CT molecular complexity index is 124. The van der Waals surface area contributed by atoms with Crippen molar-refractivity contribution in [1.82, 2.24) is 0 Å². The lowest BCUT2D eigenvalue weighted by atomic mass is 10.2. The van der Waals surface area contributed by atoms with Crippen molar-refractivity contribution in [3.63, 3.8) is 0 Å². The molecule has 0 saturated heterocycles. The van der Waals surface area contributed by atoms with Gasteiger partial charge < -0.3 is 5.11 Å². The van der Waals surface area contributed by atoms with E-state index in [0.29, 0.717) is 6.42 Å². The molecule has 0 unspecified atom stereocenters. The van der Waals surface area contributed by atoms with Crippen molar-refractivity contribution < 1.29 is 5.11 Å². The molecule has 5 heteroatoms. The molecule has 0 radical (unpaired) electrons. The quantitative estimate of drug-likeness (QED) is 0.748. The summed E-state index contributed by atoms with van der Waals surface area (Å²) < 4.78 is -2.76. The van der Waals surface area contributed by atoms with Gasteiger partial charge in [-0.1, -0.05) is 59.7 Å². The van der Waals surface area contributed by atoms with Gasteiger partial charge in [0.15, 0.2) is 8.67 Å². The van der Waals surface area contributed by atoms with Crippen LogP contribution in [-0.4, -0.2) is 20.4 Å². The average Bonchev–Trinajstić information content (AvgIpc) is 1.87. The maximum atomic E-state index is 8.72. The summed E-state index contributed by atoms with van der Waals surface area (Å²) in [6.07, 6.45) is 1.21. The van der Waals surface area contributed by atoms with Gasteiger partial charge in [0.1, 0.15) is 0 Å². The third-order valence-corrected chi connectivity index (χ3v) is 3.59. The molecule has 1 nitrogen and oxygen atoms in total. The molecular formula is C6H10Cl4O. The Morgan fingerprint density at radius 3 is 1.82 bits per heavy atom. The van der Waals surface area contributed by atoms with Crippen molar-refractivity contribution in [1.29, 1.82) is 0 Å². The molecule has 0 saturated carbocycles. The van der Waals surface area contributed by atoms with Crippen molar-refractivity contribution in [3.05, 3.63) is 0 Å². The molecule has 0 aliphatic heterocycles. The van der Waals surface area contributed by atoms with E-state index < -0.39 is 15.3 Å². The van der Waals surface area contributed by atoms with Gasteiger partial charge in [-0.05, 0) is 6.42 Å². The van der Waals surface area contributed by atoms with E-state index in [1.807, 2.05) is 6.92 Å². The number of halogens is 4. The topological polar surface area (TPSA) is 20.2 Å². The van der Waals surface area contributed by atoms with E-state index in [1.54, 1.807) is 0 Å². The molecule has 0 amide bonds. The van der Waals surface area contributed by atoms with Crippen LogP contribution < -0.4 is 0 Å². The van der Waals surface area contributed by atoms with Gasteiger partial charge in [-0.3, -0.25) is 0 Å². The minimum Gasteiger partial charge on any atom is -0.393 e. The van der Waals surface area contributed by atoms with Crippen molar-refractivity contribution in [2.75, 3.05) is 6.61 Å². The van der Waals surface area contributed by atoms with E-state index in [1.165, 1.54) is 0 Å². The van der Waals surface area contributed by atoms with Crippen LogP contribution in [0.2, 0.25) is 0 Å². The summed E-state index contributed by atoms with van der Waals surface area (Å²) >= 11 is 22.8. The first-order valence-corrected chi connectivity index (χ1v) is 4.75. The van der Waals surface area contributed by atoms with Crippen LogP contribution in [-0.2, 0) is 0 Å². The van der Waals surface area contributed by atoms with Gasteiger partial charge in [0, 0.05) is 0 Å². The zero-order valence-corrected chi connectivity index (χ0v) is 9.10. The molecule has 11 heavy (non-hydrogen) atoms. The minimum atomic E-state index is -1.48. The smallest absolute Gasteiger partial charge is 0.173 e. The molecule has 0 fully saturated rings. The molecule has 1 N–H and O–H groups in total. The highest BCUT2D eigenvalue weighted by molar-refractivity contribution is 6.62. The lowest BCUT2D eigenvalue weighted by molar-refractivity contribution is 0.267. The fourth-order valence-electron chi connectivity index (χ4n) is 0.613. The molecule has 0 aromatic rings. The summed E-state index contributed by atoms with van der Waals surface area (Å²) in [5.41, 5.74) is 0. The van der Waals surface area contributed by atoms with Gasteiger partial charge in [0.05, 0.1) is 6.61 Å². The lowest BCUT2D eigenvalue weighted by Gasteiger charge is -2.30. The Kier molecular flexibility index (Phi) is 4.83. The molecule has 0 aromatic heterocycles. The Morgan fingerprint density at radius 2 is 1.55 bits per heavy atom. The molecule has 0 heterocycles. The Hall–Kier alpha value is 1.12. The maximum Gasteiger partial charge on any atom is 0.173 e. The first-order chi connectivity index (χ1) is 4.87. The molecule has 0 aliphatic carbocycles. The Labute approximate surface area is 86.6 Å². The second-order valence-electron chi connectivity index (χ2n) is 2.32. The highest BCUT2D eigenvalue weighted by Gasteiger charge is 2.45. The average molecular weight is 240 g/mol. The zero-order valence-electron chi connectivity index (χ0n) is 6.08. The maximum absolute atomic E-state index is 8.72. The Balaban J connectivity index is 4.26. The van der Waals surface area contributed by atoms with E-state index in [-0.39, 0.29) is 0 Å². The van der Waals surface area contributed by atoms with Crippen LogP contribution in [0.1, 0.15) is 19.8 Å². The number of rotatable bonds is 4. The fraction of sp³-hybridized carbons (Fsp3) is 1.00. The molecule has 0 spiro atoms. The number of alkyl halides is 4. The van der Waals surface area contributed by atoms with Gasteiger partial charge in [-0.15, -0.1) is 0 Å². The largest absolute Gasteiger partial charge is 0.393 e. The van der Waals surface area contributed by atoms with Gasteiger partial charge in [0.2, 0.25) is 0 Å². The van der Waals surface area contributed by atoms with E-state index >= 15 is 0 Å². The second kappa shape index (κ2) is 4.38. The van der Waals surface area contributed by atoms with Crippen molar-refractivity contribution >= 4 is 46.4 Å². The first kappa shape index (κ1) is 12.1.